The molecule has 9 atom stereocenters. The molecule has 0 aromatic carbocycles. The molecule has 98 valence electrons. The van der Waals surface area contributed by atoms with Crippen molar-refractivity contribution in [2.45, 2.75) is 38.9 Å². The maximum atomic E-state index is 11.7. The Labute approximate surface area is 107 Å². The van der Waals surface area contributed by atoms with Gasteiger partial charge in [0.1, 0.15) is 0 Å². The minimum Gasteiger partial charge on any atom is -0.481 e. The second-order valence-corrected chi connectivity index (χ2v) is 7.93. The lowest BCUT2D eigenvalue weighted by Gasteiger charge is -2.45. The lowest BCUT2D eigenvalue weighted by atomic mass is 9.58. The summed E-state index contributed by atoms with van der Waals surface area (Å²) in [4.78, 5) is 11.7. The van der Waals surface area contributed by atoms with Crippen LogP contribution in [0.1, 0.15) is 26.7 Å². The SMILES string of the molecule is CC1(C)C2CC(C3C4CC(C5OC45)C32)C1C(=O)O. The van der Waals surface area contributed by atoms with Crippen LogP contribution >= 0.6 is 0 Å². The average Bonchev–Trinajstić information content (AvgIpc) is 2.64. The molecule has 1 aliphatic heterocycles. The fourth-order valence-corrected chi connectivity index (χ4v) is 6.95. The Morgan fingerprint density at radius 1 is 1.11 bits per heavy atom. The van der Waals surface area contributed by atoms with Crippen LogP contribution in [0, 0.1) is 46.8 Å². The van der Waals surface area contributed by atoms with Crippen molar-refractivity contribution >= 4 is 5.97 Å². The number of hydrogen-bond acceptors (Lipinski definition) is 2. The van der Waals surface area contributed by atoms with E-state index in [2.05, 4.69) is 13.8 Å². The topological polar surface area (TPSA) is 49.8 Å². The molecule has 0 spiro atoms. The maximum Gasteiger partial charge on any atom is 0.307 e. The summed E-state index contributed by atoms with van der Waals surface area (Å²) in [6.07, 6.45) is 3.59. The summed E-state index contributed by atoms with van der Waals surface area (Å²) in [5.41, 5.74) is -0.00741. The Morgan fingerprint density at radius 3 is 2.44 bits per heavy atom. The van der Waals surface area contributed by atoms with Crippen molar-refractivity contribution in [1.29, 1.82) is 0 Å². The highest BCUT2D eigenvalue weighted by Gasteiger charge is 2.77. The van der Waals surface area contributed by atoms with Crippen LogP contribution < -0.4 is 0 Å². The van der Waals surface area contributed by atoms with E-state index in [-0.39, 0.29) is 11.3 Å². The van der Waals surface area contributed by atoms with Gasteiger partial charge in [-0.25, -0.2) is 0 Å². The van der Waals surface area contributed by atoms with E-state index in [9.17, 15) is 9.90 Å². The second kappa shape index (κ2) is 2.65. The monoisotopic (exact) mass is 248 g/mol. The molecule has 0 radical (unpaired) electrons. The molecule has 3 heteroatoms. The van der Waals surface area contributed by atoms with Gasteiger partial charge >= 0.3 is 5.97 Å². The van der Waals surface area contributed by atoms with E-state index in [1.807, 2.05) is 0 Å². The Morgan fingerprint density at radius 2 is 1.78 bits per heavy atom. The van der Waals surface area contributed by atoms with Gasteiger partial charge in [-0.1, -0.05) is 13.8 Å². The van der Waals surface area contributed by atoms with Gasteiger partial charge in [-0.15, -0.1) is 0 Å². The summed E-state index contributed by atoms with van der Waals surface area (Å²) < 4.78 is 5.82. The molecule has 5 aliphatic rings. The second-order valence-electron chi connectivity index (χ2n) is 7.93. The molecule has 0 aromatic heterocycles. The smallest absolute Gasteiger partial charge is 0.307 e. The molecule has 4 saturated carbocycles. The van der Waals surface area contributed by atoms with Crippen molar-refractivity contribution in [2.24, 2.45) is 46.8 Å². The fraction of sp³-hybridized carbons (Fsp3) is 0.933. The number of carboxylic acids is 1. The summed E-state index contributed by atoms with van der Waals surface area (Å²) in [6.45, 7) is 4.40. The highest BCUT2D eigenvalue weighted by atomic mass is 16.6. The maximum absolute atomic E-state index is 11.7. The predicted octanol–water partition coefficient (Wildman–Crippen LogP) is 2.01. The molecule has 1 heterocycles. The zero-order valence-electron chi connectivity index (χ0n) is 10.9. The van der Waals surface area contributed by atoms with Crippen LogP contribution in [0.2, 0.25) is 0 Å². The van der Waals surface area contributed by atoms with Gasteiger partial charge in [-0.05, 0) is 53.8 Å². The van der Waals surface area contributed by atoms with E-state index in [0.29, 0.717) is 35.9 Å². The number of epoxide rings is 1. The number of rotatable bonds is 1. The highest BCUT2D eigenvalue weighted by Crippen LogP contribution is 2.76. The first kappa shape index (κ1) is 10.2. The molecular weight excluding hydrogens is 228 g/mol. The molecule has 5 fully saturated rings. The Hall–Kier alpha value is -0.570. The van der Waals surface area contributed by atoms with Crippen LogP contribution in [0.4, 0.5) is 0 Å². The normalized spacial score (nSPS) is 64.9. The van der Waals surface area contributed by atoms with Crippen molar-refractivity contribution in [1.82, 2.24) is 0 Å². The molecule has 18 heavy (non-hydrogen) atoms. The Kier molecular flexibility index (Phi) is 1.51. The lowest BCUT2D eigenvalue weighted by molar-refractivity contribution is -0.151. The molecular formula is C15H20O3. The van der Waals surface area contributed by atoms with Crippen LogP contribution in [0.5, 0.6) is 0 Å². The highest BCUT2D eigenvalue weighted by molar-refractivity contribution is 5.72. The van der Waals surface area contributed by atoms with Crippen LogP contribution in [-0.2, 0) is 9.53 Å². The van der Waals surface area contributed by atoms with Crippen LogP contribution in [0.15, 0.2) is 0 Å². The first-order chi connectivity index (χ1) is 8.51. The van der Waals surface area contributed by atoms with Gasteiger partial charge in [-0.2, -0.15) is 0 Å². The number of ether oxygens (including phenoxy) is 1. The van der Waals surface area contributed by atoms with Crippen LogP contribution in [-0.4, -0.2) is 23.3 Å². The van der Waals surface area contributed by atoms with E-state index < -0.39 is 5.97 Å². The molecule has 3 nitrogen and oxygen atoms in total. The molecule has 1 saturated heterocycles. The summed E-state index contributed by atoms with van der Waals surface area (Å²) in [5.74, 6) is 3.35. The number of carboxylic acid groups (broad SMARTS) is 1. The quantitative estimate of drug-likeness (QED) is 0.570. The number of hydrogen-bond donors (Lipinski definition) is 1. The Balaban J connectivity index is 1.60. The van der Waals surface area contributed by atoms with Gasteiger partial charge in [-0.3, -0.25) is 4.79 Å². The van der Waals surface area contributed by atoms with Gasteiger partial charge < -0.3 is 9.84 Å². The minimum atomic E-state index is -0.554. The van der Waals surface area contributed by atoms with Crippen LogP contribution in [0.3, 0.4) is 0 Å². The van der Waals surface area contributed by atoms with E-state index in [1.54, 1.807) is 0 Å². The summed E-state index contributed by atoms with van der Waals surface area (Å²) >= 11 is 0. The van der Waals surface area contributed by atoms with Gasteiger partial charge in [0.05, 0.1) is 18.1 Å². The molecule has 4 aliphatic carbocycles. The molecule has 1 N–H and O–H groups in total. The predicted molar refractivity (Wildman–Crippen MR) is 63.7 cm³/mol. The van der Waals surface area contributed by atoms with Crippen LogP contribution in [0.25, 0.3) is 0 Å². The third-order valence-corrected chi connectivity index (χ3v) is 7.32. The van der Waals surface area contributed by atoms with Crippen molar-refractivity contribution in [3.63, 3.8) is 0 Å². The van der Waals surface area contributed by atoms with Crippen molar-refractivity contribution in [3.8, 4) is 0 Å². The van der Waals surface area contributed by atoms with Crippen molar-refractivity contribution in [2.75, 3.05) is 0 Å². The van der Waals surface area contributed by atoms with Gasteiger partial charge in [0, 0.05) is 0 Å². The zero-order chi connectivity index (χ0) is 12.4. The summed E-state index contributed by atoms with van der Waals surface area (Å²) in [5, 5.41) is 9.61. The number of aliphatic carboxylic acids is 1. The van der Waals surface area contributed by atoms with E-state index in [0.717, 1.165) is 11.8 Å². The first-order valence-electron chi connectivity index (χ1n) is 7.40. The third-order valence-electron chi connectivity index (χ3n) is 7.32. The molecule has 5 rings (SSSR count). The average molecular weight is 248 g/mol. The van der Waals surface area contributed by atoms with Gasteiger partial charge in [0.2, 0.25) is 0 Å². The first-order valence-corrected chi connectivity index (χ1v) is 7.40. The van der Waals surface area contributed by atoms with E-state index in [1.165, 1.54) is 12.8 Å². The van der Waals surface area contributed by atoms with Crippen molar-refractivity contribution < 1.29 is 14.6 Å². The van der Waals surface area contributed by atoms with E-state index >= 15 is 0 Å². The van der Waals surface area contributed by atoms with E-state index in [4.69, 9.17) is 4.74 Å². The summed E-state index contributed by atoms with van der Waals surface area (Å²) in [6, 6.07) is 0. The largest absolute Gasteiger partial charge is 0.481 e. The number of fused-ring (bicyclic) bond motifs is 12. The van der Waals surface area contributed by atoms with Crippen molar-refractivity contribution in [3.05, 3.63) is 0 Å². The fourth-order valence-electron chi connectivity index (χ4n) is 6.95. The molecule has 0 aromatic rings. The molecule has 0 amide bonds. The molecule has 9 unspecified atom stereocenters. The summed E-state index contributed by atoms with van der Waals surface area (Å²) in [7, 11) is 0. The van der Waals surface area contributed by atoms with Gasteiger partial charge in [0.25, 0.3) is 0 Å². The Bertz CT molecular complexity index is 455. The van der Waals surface area contributed by atoms with Gasteiger partial charge in [0.15, 0.2) is 0 Å². The zero-order valence-corrected chi connectivity index (χ0v) is 10.9. The molecule has 4 bridgehead atoms. The number of carbonyl (C=O) groups is 1. The lowest BCUT2D eigenvalue weighted by Crippen LogP contribution is -2.47. The standard InChI is InChI=1S/C15H20O3/c1-15(2)8-4-5(11(15)14(16)17)9-6-3-7(10(8)9)13-12(6)18-13/h5-13H,3-4H2,1-2H3,(H,16,17). The third kappa shape index (κ3) is 0.851. The minimum absolute atomic E-state index is 0.00741.